The lowest BCUT2D eigenvalue weighted by Crippen LogP contribution is -2.44. The van der Waals surface area contributed by atoms with Gasteiger partial charge in [0.1, 0.15) is 12.4 Å². The Morgan fingerprint density at radius 3 is 2.95 bits per heavy atom. The quantitative estimate of drug-likeness (QED) is 0.811. The Morgan fingerprint density at radius 2 is 2.29 bits per heavy atom. The van der Waals surface area contributed by atoms with Crippen LogP contribution in [0.2, 0.25) is 0 Å². The van der Waals surface area contributed by atoms with Crippen LogP contribution in [0, 0.1) is 17.7 Å². The van der Waals surface area contributed by atoms with Crippen LogP contribution in [0.1, 0.15) is 12.5 Å². The zero-order chi connectivity index (χ0) is 15.5. The fourth-order valence-electron chi connectivity index (χ4n) is 2.10. The van der Waals surface area contributed by atoms with Crippen LogP contribution in [-0.4, -0.2) is 50.2 Å². The van der Waals surface area contributed by atoms with Crippen molar-refractivity contribution in [2.24, 2.45) is 0 Å². The molecule has 0 aromatic heterocycles. The van der Waals surface area contributed by atoms with Gasteiger partial charge in [-0.05, 0) is 25.1 Å². The Morgan fingerprint density at radius 1 is 1.52 bits per heavy atom. The van der Waals surface area contributed by atoms with E-state index in [2.05, 4.69) is 11.8 Å². The minimum Gasteiger partial charge on any atom is -0.384 e. The average Bonchev–Trinajstić information content (AvgIpc) is 2.45. The molecule has 1 atom stereocenters. The van der Waals surface area contributed by atoms with Crippen LogP contribution >= 0.6 is 0 Å². The standard InChI is InChI=1S/C14H16FNO4S/c1-11-10-16(6-8-20-11)21(18,19)14-5-4-13(15)9-12(14)3-2-7-17/h4-5,9,11,17H,6-8,10H2,1H3. The van der Waals surface area contributed by atoms with Gasteiger partial charge in [-0.25, -0.2) is 12.8 Å². The molecule has 0 bridgehead atoms. The summed E-state index contributed by atoms with van der Waals surface area (Å²) in [4.78, 5) is -0.0565. The maximum atomic E-state index is 13.3. The van der Waals surface area contributed by atoms with E-state index in [1.54, 1.807) is 6.92 Å². The van der Waals surface area contributed by atoms with Gasteiger partial charge in [0, 0.05) is 18.7 Å². The van der Waals surface area contributed by atoms with E-state index in [1.165, 1.54) is 10.4 Å². The highest BCUT2D eigenvalue weighted by atomic mass is 32.2. The number of hydrogen-bond acceptors (Lipinski definition) is 4. The van der Waals surface area contributed by atoms with Gasteiger partial charge in [0.05, 0.1) is 17.6 Å². The second-order valence-electron chi connectivity index (χ2n) is 4.64. The topological polar surface area (TPSA) is 66.8 Å². The molecule has 7 heteroatoms. The summed E-state index contributed by atoms with van der Waals surface area (Å²) in [7, 11) is -3.77. The number of halogens is 1. The van der Waals surface area contributed by atoms with Crippen molar-refractivity contribution in [1.82, 2.24) is 4.31 Å². The fourth-order valence-corrected chi connectivity index (χ4v) is 3.73. The van der Waals surface area contributed by atoms with Gasteiger partial charge in [-0.15, -0.1) is 0 Å². The molecule has 21 heavy (non-hydrogen) atoms. The molecular formula is C14H16FNO4S. The first kappa shape index (κ1) is 15.9. The molecule has 1 aliphatic rings. The minimum absolute atomic E-state index is 0.0446. The van der Waals surface area contributed by atoms with Crippen molar-refractivity contribution in [2.75, 3.05) is 26.3 Å². The van der Waals surface area contributed by atoms with Crippen molar-refractivity contribution in [3.8, 4) is 11.8 Å². The third-order valence-corrected chi connectivity index (χ3v) is 4.99. The van der Waals surface area contributed by atoms with Crippen LogP contribution in [0.25, 0.3) is 0 Å². The maximum absolute atomic E-state index is 13.3. The van der Waals surface area contributed by atoms with Gasteiger partial charge < -0.3 is 9.84 Å². The predicted molar refractivity (Wildman–Crippen MR) is 74.5 cm³/mol. The van der Waals surface area contributed by atoms with E-state index in [0.717, 1.165) is 12.1 Å². The van der Waals surface area contributed by atoms with Crippen LogP contribution in [0.5, 0.6) is 0 Å². The highest BCUT2D eigenvalue weighted by molar-refractivity contribution is 7.89. The molecule has 0 saturated carbocycles. The first-order valence-electron chi connectivity index (χ1n) is 6.46. The van der Waals surface area contributed by atoms with Gasteiger partial charge >= 0.3 is 0 Å². The largest absolute Gasteiger partial charge is 0.384 e. The van der Waals surface area contributed by atoms with E-state index in [9.17, 15) is 12.8 Å². The summed E-state index contributed by atoms with van der Waals surface area (Å²) in [6.07, 6.45) is -0.194. The van der Waals surface area contributed by atoms with E-state index < -0.39 is 22.4 Å². The van der Waals surface area contributed by atoms with Crippen molar-refractivity contribution in [3.05, 3.63) is 29.6 Å². The molecular weight excluding hydrogens is 297 g/mol. The van der Waals surface area contributed by atoms with Crippen molar-refractivity contribution in [3.63, 3.8) is 0 Å². The minimum atomic E-state index is -3.77. The van der Waals surface area contributed by atoms with Gasteiger partial charge in [-0.3, -0.25) is 0 Å². The van der Waals surface area contributed by atoms with Crippen molar-refractivity contribution < 1.29 is 22.7 Å². The lowest BCUT2D eigenvalue weighted by atomic mass is 10.2. The summed E-state index contributed by atoms with van der Waals surface area (Å²) in [6, 6.07) is 3.34. The van der Waals surface area contributed by atoms with Crippen molar-refractivity contribution in [2.45, 2.75) is 17.9 Å². The molecule has 0 spiro atoms. The first-order valence-corrected chi connectivity index (χ1v) is 7.90. The Bertz CT molecular complexity index is 678. The van der Waals surface area contributed by atoms with E-state index in [1.807, 2.05) is 0 Å². The highest BCUT2D eigenvalue weighted by Crippen LogP contribution is 2.22. The van der Waals surface area contributed by atoms with E-state index in [0.29, 0.717) is 6.61 Å². The van der Waals surface area contributed by atoms with Gasteiger partial charge in [-0.1, -0.05) is 11.8 Å². The normalized spacial score (nSPS) is 19.9. The molecule has 0 amide bonds. The van der Waals surface area contributed by atoms with Crippen LogP contribution in [0.4, 0.5) is 4.39 Å². The Hall–Kier alpha value is -1.46. The zero-order valence-corrected chi connectivity index (χ0v) is 12.4. The van der Waals surface area contributed by atoms with Gasteiger partial charge in [0.2, 0.25) is 10.0 Å². The predicted octanol–water partition coefficient (Wildman–Crippen LogP) is 0.579. The number of aliphatic hydroxyl groups excluding tert-OH is 1. The number of nitrogens with zero attached hydrogens (tertiary/aromatic N) is 1. The molecule has 1 aromatic rings. The maximum Gasteiger partial charge on any atom is 0.244 e. The summed E-state index contributed by atoms with van der Waals surface area (Å²) in [5.74, 6) is 4.25. The molecule has 5 nitrogen and oxygen atoms in total. The first-order chi connectivity index (χ1) is 9.95. The summed E-state index contributed by atoms with van der Waals surface area (Å²) in [5.41, 5.74) is 0.0446. The van der Waals surface area contributed by atoms with Crippen molar-refractivity contribution >= 4 is 10.0 Å². The number of hydrogen-bond donors (Lipinski definition) is 1. The van der Waals surface area contributed by atoms with E-state index >= 15 is 0 Å². The molecule has 1 aromatic carbocycles. The molecule has 0 aliphatic carbocycles. The second kappa shape index (κ2) is 6.54. The molecule has 1 unspecified atom stereocenters. The summed E-state index contributed by atoms with van der Waals surface area (Å²) < 4.78 is 45.2. The smallest absolute Gasteiger partial charge is 0.244 e. The number of morpholine rings is 1. The number of benzene rings is 1. The summed E-state index contributed by atoms with van der Waals surface area (Å²) >= 11 is 0. The van der Waals surface area contributed by atoms with E-state index in [4.69, 9.17) is 9.84 Å². The monoisotopic (exact) mass is 313 g/mol. The average molecular weight is 313 g/mol. The molecule has 114 valence electrons. The Kier molecular flexibility index (Phi) is 4.96. The van der Waals surface area contributed by atoms with Crippen LogP contribution < -0.4 is 0 Å². The Balaban J connectivity index is 2.44. The molecule has 1 N–H and O–H groups in total. The highest BCUT2D eigenvalue weighted by Gasteiger charge is 2.30. The summed E-state index contributed by atoms with van der Waals surface area (Å²) in [6.45, 7) is 2.17. The van der Waals surface area contributed by atoms with Crippen LogP contribution in [0.15, 0.2) is 23.1 Å². The molecule has 2 rings (SSSR count). The fraction of sp³-hybridized carbons (Fsp3) is 0.429. The number of aliphatic hydroxyl groups is 1. The molecule has 1 heterocycles. The number of ether oxygens (including phenoxy) is 1. The van der Waals surface area contributed by atoms with E-state index in [-0.39, 0.29) is 29.7 Å². The third-order valence-electron chi connectivity index (χ3n) is 3.07. The molecule has 1 saturated heterocycles. The number of sulfonamides is 1. The lowest BCUT2D eigenvalue weighted by molar-refractivity contribution is 0.0102. The van der Waals surface area contributed by atoms with Gasteiger partial charge in [0.25, 0.3) is 0 Å². The SMILES string of the molecule is CC1CN(S(=O)(=O)c2ccc(F)cc2C#CCO)CCO1. The molecule has 0 radical (unpaired) electrons. The Labute approximate surface area is 123 Å². The molecule has 1 fully saturated rings. The lowest BCUT2D eigenvalue weighted by Gasteiger charge is -2.30. The molecule has 1 aliphatic heterocycles. The van der Waals surface area contributed by atoms with Crippen LogP contribution in [0.3, 0.4) is 0 Å². The van der Waals surface area contributed by atoms with Gasteiger partial charge in [-0.2, -0.15) is 4.31 Å². The van der Waals surface area contributed by atoms with Crippen LogP contribution in [-0.2, 0) is 14.8 Å². The number of rotatable bonds is 2. The third kappa shape index (κ3) is 3.60. The summed E-state index contributed by atoms with van der Waals surface area (Å²) in [5, 5.41) is 8.73. The second-order valence-corrected chi connectivity index (χ2v) is 6.55. The van der Waals surface area contributed by atoms with Gasteiger partial charge in [0.15, 0.2) is 0 Å². The van der Waals surface area contributed by atoms with Crippen molar-refractivity contribution in [1.29, 1.82) is 0 Å². The zero-order valence-electron chi connectivity index (χ0n) is 11.5.